The quantitative estimate of drug-likeness (QED) is 0.483. The molecule has 0 saturated carbocycles. The van der Waals surface area contributed by atoms with E-state index >= 15 is 0 Å². The fourth-order valence-electron chi connectivity index (χ4n) is 0.176. The van der Waals surface area contributed by atoms with Gasteiger partial charge in [-0.2, -0.15) is 0 Å². The van der Waals surface area contributed by atoms with Crippen LogP contribution in [-0.2, 0) is 0 Å². The molecule has 0 amide bonds. The van der Waals surface area contributed by atoms with Gasteiger partial charge in [-0.3, -0.25) is 0 Å². The van der Waals surface area contributed by atoms with E-state index in [4.69, 9.17) is 9.93 Å². The fraction of sp³-hybridized carbons (Fsp3) is 0. The third kappa shape index (κ3) is 2.62. The molecule has 0 aliphatic carbocycles. The fourth-order valence-corrected chi connectivity index (χ4v) is 0.176. The molecular formula is C3H3NO3. The van der Waals surface area contributed by atoms with Crippen molar-refractivity contribution in [2.75, 3.05) is 0 Å². The number of nitrogens with zero attached hydrogens (tertiary/aromatic N) is 1. The number of hydrogen-bond donors (Lipinski definition) is 0. The highest BCUT2D eigenvalue weighted by atomic mass is 16.7. The van der Waals surface area contributed by atoms with Crippen LogP contribution in [0.25, 0.3) is 0 Å². The van der Waals surface area contributed by atoms with Crippen molar-refractivity contribution in [2.45, 2.75) is 0 Å². The van der Waals surface area contributed by atoms with Crippen molar-refractivity contribution in [1.82, 2.24) is 4.98 Å². The standard InChI is InChI=1S/C3H3NO.O2/c1-2-5-3-4-1;1-2/h1-3H;. The van der Waals surface area contributed by atoms with Crippen molar-refractivity contribution >= 4 is 0 Å². The SMILES string of the molecule is O=O.c1cocn1. The van der Waals surface area contributed by atoms with E-state index in [0.717, 1.165) is 0 Å². The number of rotatable bonds is 0. The largest absolute Gasteiger partial charge is 0.452 e. The third-order valence-corrected chi connectivity index (χ3v) is 0.347. The molecule has 0 aliphatic heterocycles. The predicted molar refractivity (Wildman–Crippen MR) is 23.2 cm³/mol. The van der Waals surface area contributed by atoms with Crippen LogP contribution < -0.4 is 0 Å². The van der Waals surface area contributed by atoms with E-state index in [2.05, 4.69) is 9.40 Å². The smallest absolute Gasteiger partial charge is 0.180 e. The molecule has 0 atom stereocenters. The van der Waals surface area contributed by atoms with E-state index in [9.17, 15) is 0 Å². The molecule has 7 heavy (non-hydrogen) atoms. The summed E-state index contributed by atoms with van der Waals surface area (Å²) in [5, 5.41) is 0. The minimum atomic E-state index is 1.38. The summed E-state index contributed by atoms with van der Waals surface area (Å²) in [5.74, 6) is 0. The maximum Gasteiger partial charge on any atom is 0.180 e. The Balaban J connectivity index is 0.000000162. The highest BCUT2D eigenvalue weighted by Gasteiger charge is 1.59. The molecule has 0 unspecified atom stereocenters. The first-order valence-corrected chi connectivity index (χ1v) is 1.49. The normalized spacial score (nSPS) is 6.29. The highest BCUT2D eigenvalue weighted by molar-refractivity contribution is 4.56. The molecular weight excluding hydrogens is 98.0 g/mol. The summed E-state index contributed by atoms with van der Waals surface area (Å²) in [6.07, 6.45) is 4.47. The Morgan fingerprint density at radius 1 is 1.43 bits per heavy atom. The third-order valence-electron chi connectivity index (χ3n) is 0.347. The van der Waals surface area contributed by atoms with Gasteiger partial charge in [0.1, 0.15) is 6.26 Å². The Labute approximate surface area is 39.4 Å². The second kappa shape index (κ2) is 4.81. The van der Waals surface area contributed by atoms with Gasteiger partial charge in [0, 0.05) is 9.93 Å². The average Bonchev–Trinajstić information content (AvgIpc) is 2.23. The summed E-state index contributed by atoms with van der Waals surface area (Å²) >= 11 is 0. The van der Waals surface area contributed by atoms with Gasteiger partial charge in [0.05, 0.1) is 6.20 Å². The molecule has 0 fully saturated rings. The Bertz CT molecular complexity index is 77.1. The summed E-state index contributed by atoms with van der Waals surface area (Å²) in [5.41, 5.74) is 0. The zero-order valence-electron chi connectivity index (χ0n) is 3.40. The minimum Gasteiger partial charge on any atom is -0.452 e. The van der Waals surface area contributed by atoms with E-state index in [1.807, 2.05) is 0 Å². The summed E-state index contributed by atoms with van der Waals surface area (Å²) in [4.78, 5) is 17.6. The van der Waals surface area contributed by atoms with E-state index in [1.165, 1.54) is 12.7 Å². The lowest BCUT2D eigenvalue weighted by atomic mass is 11.0. The van der Waals surface area contributed by atoms with E-state index in [0.29, 0.717) is 0 Å². The van der Waals surface area contributed by atoms with Gasteiger partial charge >= 0.3 is 0 Å². The predicted octanol–water partition coefficient (Wildman–Crippen LogP) is 0.742. The summed E-state index contributed by atoms with van der Waals surface area (Å²) in [6, 6.07) is 0. The van der Waals surface area contributed by atoms with Gasteiger partial charge in [-0.15, -0.1) is 0 Å². The number of hydrogen-bond acceptors (Lipinski definition) is 4. The van der Waals surface area contributed by atoms with Crippen LogP contribution in [0.3, 0.4) is 0 Å². The molecule has 0 aromatic carbocycles. The Morgan fingerprint density at radius 3 is 2.29 bits per heavy atom. The Hall–Kier alpha value is -1.19. The molecule has 1 aromatic rings. The topological polar surface area (TPSA) is 60.2 Å². The molecule has 0 N–H and O–H groups in total. The van der Waals surface area contributed by atoms with Crippen molar-refractivity contribution in [3.63, 3.8) is 0 Å². The molecule has 0 spiro atoms. The molecule has 0 bridgehead atoms. The van der Waals surface area contributed by atoms with E-state index in [-0.39, 0.29) is 0 Å². The van der Waals surface area contributed by atoms with Gasteiger partial charge in [-0.25, -0.2) is 4.98 Å². The van der Waals surface area contributed by atoms with Crippen molar-refractivity contribution in [2.24, 2.45) is 0 Å². The lowest BCUT2D eigenvalue weighted by Crippen LogP contribution is -1.38. The summed E-state index contributed by atoms with van der Waals surface area (Å²) in [7, 11) is 0. The van der Waals surface area contributed by atoms with E-state index < -0.39 is 0 Å². The van der Waals surface area contributed by atoms with Gasteiger partial charge in [0.15, 0.2) is 6.39 Å². The lowest BCUT2D eigenvalue weighted by Gasteiger charge is -1.47. The lowest BCUT2D eigenvalue weighted by molar-refractivity contribution is 0.558. The van der Waals surface area contributed by atoms with Crippen LogP contribution in [0.1, 0.15) is 0 Å². The van der Waals surface area contributed by atoms with Crippen LogP contribution in [0.2, 0.25) is 0 Å². The molecule has 38 valence electrons. The first-order chi connectivity index (χ1) is 3.50. The van der Waals surface area contributed by atoms with Gasteiger partial charge < -0.3 is 4.42 Å². The van der Waals surface area contributed by atoms with Gasteiger partial charge in [-0.05, 0) is 0 Å². The molecule has 1 rings (SSSR count). The molecule has 0 aliphatic rings. The van der Waals surface area contributed by atoms with Crippen LogP contribution in [0, 0.1) is 9.93 Å². The molecule has 1 heterocycles. The first kappa shape index (κ1) is 5.81. The van der Waals surface area contributed by atoms with Crippen molar-refractivity contribution < 1.29 is 4.42 Å². The van der Waals surface area contributed by atoms with Crippen molar-refractivity contribution in [3.8, 4) is 0 Å². The monoisotopic (exact) mass is 101 g/mol. The van der Waals surface area contributed by atoms with Crippen LogP contribution in [0.5, 0.6) is 0 Å². The second-order valence-corrected chi connectivity index (χ2v) is 0.676. The molecule has 1 aromatic heterocycles. The maximum atomic E-state index is 7.00. The molecule has 4 nitrogen and oxygen atoms in total. The van der Waals surface area contributed by atoms with Gasteiger partial charge in [-0.1, -0.05) is 0 Å². The zero-order valence-corrected chi connectivity index (χ0v) is 3.40. The first-order valence-electron chi connectivity index (χ1n) is 1.49. The van der Waals surface area contributed by atoms with Gasteiger partial charge in [0.2, 0.25) is 0 Å². The molecule has 4 heteroatoms. The van der Waals surface area contributed by atoms with Crippen LogP contribution in [0.15, 0.2) is 23.3 Å². The Morgan fingerprint density at radius 2 is 2.14 bits per heavy atom. The van der Waals surface area contributed by atoms with Crippen molar-refractivity contribution in [1.29, 1.82) is 0 Å². The average molecular weight is 101 g/mol. The maximum absolute atomic E-state index is 7.00. The molecule has 0 saturated heterocycles. The summed E-state index contributed by atoms with van der Waals surface area (Å²) in [6.45, 7) is 0. The van der Waals surface area contributed by atoms with Crippen molar-refractivity contribution in [3.05, 3.63) is 28.8 Å². The Kier molecular flexibility index (Phi) is 3.99. The van der Waals surface area contributed by atoms with Gasteiger partial charge in [0.25, 0.3) is 0 Å². The summed E-state index contributed by atoms with van der Waals surface area (Å²) < 4.78 is 4.47. The number of aromatic nitrogens is 1. The minimum absolute atomic E-state index is 1.38. The van der Waals surface area contributed by atoms with Crippen LogP contribution in [-0.4, -0.2) is 4.98 Å². The number of oxazole rings is 1. The van der Waals surface area contributed by atoms with E-state index in [1.54, 1.807) is 6.20 Å². The highest BCUT2D eigenvalue weighted by Crippen LogP contribution is 1.72. The zero-order chi connectivity index (χ0) is 5.54. The van der Waals surface area contributed by atoms with Crippen LogP contribution in [0.4, 0.5) is 0 Å². The second-order valence-electron chi connectivity index (χ2n) is 0.676. The molecule has 0 radical (unpaired) electrons. The van der Waals surface area contributed by atoms with Crippen LogP contribution >= 0.6 is 0 Å².